The molecule has 0 aliphatic carbocycles. The number of benzene rings is 2. The van der Waals surface area contributed by atoms with Gasteiger partial charge in [0.25, 0.3) is 0 Å². The predicted molar refractivity (Wildman–Crippen MR) is 85.6 cm³/mol. The molecule has 0 amide bonds. The van der Waals surface area contributed by atoms with Gasteiger partial charge in [-0.05, 0) is 25.1 Å². The van der Waals surface area contributed by atoms with E-state index in [2.05, 4.69) is 0 Å². The van der Waals surface area contributed by atoms with Crippen LogP contribution in [0.1, 0.15) is 6.92 Å². The predicted octanol–water partition coefficient (Wildman–Crippen LogP) is 3.45. The van der Waals surface area contributed by atoms with Crippen LogP contribution in [0.15, 0.2) is 57.7 Å². The van der Waals surface area contributed by atoms with Crippen molar-refractivity contribution in [2.24, 2.45) is 0 Å². The van der Waals surface area contributed by atoms with Crippen LogP contribution in [0.3, 0.4) is 0 Å². The maximum Gasteiger partial charge on any atom is 0.344 e. The first kappa shape index (κ1) is 15.7. The molecule has 0 radical (unpaired) electrons. The van der Waals surface area contributed by atoms with Crippen molar-refractivity contribution in [3.05, 3.63) is 64.8 Å². The number of rotatable bonds is 4. The van der Waals surface area contributed by atoms with E-state index in [1.807, 2.05) is 0 Å². The van der Waals surface area contributed by atoms with E-state index < -0.39 is 23.5 Å². The molecule has 0 saturated carbocycles. The highest BCUT2D eigenvalue weighted by Gasteiger charge is 2.15. The number of aliphatic carboxylic acids is 1. The fraction of sp³-hybridized carbons (Fsp3) is 0.111. The highest BCUT2D eigenvalue weighted by Crippen LogP contribution is 2.31. The highest BCUT2D eigenvalue weighted by atomic mass is 19.1. The molecule has 2 aromatic carbocycles. The van der Waals surface area contributed by atoms with Crippen molar-refractivity contribution in [3.8, 4) is 16.9 Å². The molecule has 3 rings (SSSR count). The maximum atomic E-state index is 14.1. The van der Waals surface area contributed by atoms with Gasteiger partial charge in [-0.2, -0.15) is 0 Å². The number of hydrogen-bond acceptors (Lipinski definition) is 4. The number of fused-ring (bicyclic) bond motifs is 1. The number of ether oxygens (including phenoxy) is 1. The summed E-state index contributed by atoms with van der Waals surface area (Å²) in [5, 5.41) is 9.41. The molecule has 122 valence electrons. The summed E-state index contributed by atoms with van der Waals surface area (Å²) in [7, 11) is 0. The molecule has 5 nitrogen and oxygen atoms in total. The van der Waals surface area contributed by atoms with E-state index in [4.69, 9.17) is 14.3 Å². The van der Waals surface area contributed by atoms with Crippen LogP contribution < -0.4 is 10.4 Å². The Balaban J connectivity index is 2.14. The van der Waals surface area contributed by atoms with E-state index in [0.717, 1.165) is 0 Å². The van der Waals surface area contributed by atoms with Crippen LogP contribution in [-0.2, 0) is 4.79 Å². The molecule has 6 heteroatoms. The largest absolute Gasteiger partial charge is 0.479 e. The van der Waals surface area contributed by atoms with Gasteiger partial charge < -0.3 is 14.3 Å². The van der Waals surface area contributed by atoms with Crippen LogP contribution in [0.2, 0.25) is 0 Å². The average molecular weight is 328 g/mol. The number of carbonyl (C=O) groups is 1. The van der Waals surface area contributed by atoms with Crippen molar-refractivity contribution in [3.63, 3.8) is 0 Å². The Morgan fingerprint density at radius 2 is 1.92 bits per heavy atom. The standard InChI is InChI=1S/C18H13FO5/c1-10(18(21)22)23-11-6-7-13-14(9-17(20)24-16(13)8-11)12-4-2-3-5-15(12)19/h2-10H,1H3,(H,21,22). The van der Waals surface area contributed by atoms with Crippen molar-refractivity contribution >= 4 is 16.9 Å². The molecule has 1 N–H and O–H groups in total. The third-order valence-electron chi connectivity index (χ3n) is 3.54. The van der Waals surface area contributed by atoms with Crippen LogP contribution in [0.25, 0.3) is 22.1 Å². The van der Waals surface area contributed by atoms with Gasteiger partial charge >= 0.3 is 11.6 Å². The first-order valence-corrected chi connectivity index (χ1v) is 7.18. The topological polar surface area (TPSA) is 76.7 Å². The van der Waals surface area contributed by atoms with Crippen molar-refractivity contribution in [2.75, 3.05) is 0 Å². The van der Waals surface area contributed by atoms with Crippen LogP contribution in [0, 0.1) is 5.82 Å². The molecule has 0 saturated heterocycles. The third kappa shape index (κ3) is 2.99. The van der Waals surface area contributed by atoms with Gasteiger partial charge in [-0.15, -0.1) is 0 Å². The van der Waals surface area contributed by atoms with E-state index in [-0.39, 0.29) is 16.9 Å². The van der Waals surface area contributed by atoms with Gasteiger partial charge in [0.2, 0.25) is 0 Å². The average Bonchev–Trinajstić information content (AvgIpc) is 2.54. The first-order chi connectivity index (χ1) is 11.5. The van der Waals surface area contributed by atoms with Gasteiger partial charge in [0.05, 0.1) is 0 Å². The van der Waals surface area contributed by atoms with E-state index in [1.54, 1.807) is 30.3 Å². The zero-order valence-electron chi connectivity index (χ0n) is 12.7. The Labute approximate surface area is 135 Å². The molecule has 0 fully saturated rings. The van der Waals surface area contributed by atoms with Crippen molar-refractivity contribution < 1.29 is 23.4 Å². The Bertz CT molecular complexity index is 977. The second-order valence-electron chi connectivity index (χ2n) is 5.22. The monoisotopic (exact) mass is 328 g/mol. The Morgan fingerprint density at radius 1 is 1.17 bits per heavy atom. The SMILES string of the molecule is CC(Oc1ccc2c(-c3ccccc3F)cc(=O)oc2c1)C(=O)O. The van der Waals surface area contributed by atoms with Crippen LogP contribution in [-0.4, -0.2) is 17.2 Å². The number of carboxylic acids is 1. The molecule has 1 unspecified atom stereocenters. The second kappa shape index (κ2) is 6.16. The van der Waals surface area contributed by atoms with Crippen LogP contribution in [0.4, 0.5) is 4.39 Å². The lowest BCUT2D eigenvalue weighted by Gasteiger charge is -2.12. The van der Waals surface area contributed by atoms with Gasteiger partial charge in [-0.1, -0.05) is 18.2 Å². The van der Waals surface area contributed by atoms with Crippen molar-refractivity contribution in [1.82, 2.24) is 0 Å². The van der Waals surface area contributed by atoms with Gasteiger partial charge in [-0.3, -0.25) is 0 Å². The normalized spacial score (nSPS) is 12.1. The highest BCUT2D eigenvalue weighted by molar-refractivity contribution is 5.93. The number of carboxylic acid groups (broad SMARTS) is 1. The van der Waals surface area contributed by atoms with Crippen molar-refractivity contribution in [1.29, 1.82) is 0 Å². The number of halogens is 1. The quantitative estimate of drug-likeness (QED) is 0.742. The van der Waals surface area contributed by atoms with Crippen LogP contribution >= 0.6 is 0 Å². The summed E-state index contributed by atoms with van der Waals surface area (Å²) in [5.74, 6) is -1.33. The molecule has 1 atom stereocenters. The second-order valence-corrected chi connectivity index (χ2v) is 5.22. The minimum atomic E-state index is -1.11. The van der Waals surface area contributed by atoms with Gasteiger partial charge in [0.1, 0.15) is 17.1 Å². The third-order valence-corrected chi connectivity index (χ3v) is 3.54. The Hall–Kier alpha value is -3.15. The molecule has 1 aromatic heterocycles. The fourth-order valence-corrected chi connectivity index (χ4v) is 2.37. The summed E-state index contributed by atoms with van der Waals surface area (Å²) in [5.41, 5.74) is 0.236. The first-order valence-electron chi connectivity index (χ1n) is 7.18. The van der Waals surface area contributed by atoms with Gasteiger partial charge in [-0.25, -0.2) is 14.0 Å². The maximum absolute atomic E-state index is 14.1. The fourth-order valence-electron chi connectivity index (χ4n) is 2.37. The summed E-state index contributed by atoms with van der Waals surface area (Å²) in [6, 6.07) is 11.9. The molecule has 0 aliphatic rings. The molecular weight excluding hydrogens is 315 g/mol. The minimum absolute atomic E-state index is 0.191. The van der Waals surface area contributed by atoms with E-state index in [1.165, 1.54) is 25.1 Å². The van der Waals surface area contributed by atoms with Crippen LogP contribution in [0.5, 0.6) is 5.75 Å². The molecule has 24 heavy (non-hydrogen) atoms. The summed E-state index contributed by atoms with van der Waals surface area (Å²) in [4.78, 5) is 22.7. The lowest BCUT2D eigenvalue weighted by atomic mass is 10.0. The number of hydrogen-bond donors (Lipinski definition) is 1. The molecule has 1 heterocycles. The summed E-state index contributed by atoms with van der Waals surface area (Å²) in [6.45, 7) is 1.39. The Morgan fingerprint density at radius 3 is 2.62 bits per heavy atom. The molecule has 3 aromatic rings. The van der Waals surface area contributed by atoms with E-state index in [0.29, 0.717) is 10.9 Å². The van der Waals surface area contributed by atoms with E-state index in [9.17, 15) is 14.0 Å². The van der Waals surface area contributed by atoms with E-state index >= 15 is 0 Å². The summed E-state index contributed by atoms with van der Waals surface area (Å²) in [6.07, 6.45) is -1.05. The lowest BCUT2D eigenvalue weighted by Crippen LogP contribution is -2.22. The van der Waals surface area contributed by atoms with Gasteiger partial charge in [0.15, 0.2) is 6.10 Å². The van der Waals surface area contributed by atoms with Crippen molar-refractivity contribution in [2.45, 2.75) is 13.0 Å². The zero-order chi connectivity index (χ0) is 17.3. The molecule has 0 spiro atoms. The molecular formula is C18H13FO5. The summed E-state index contributed by atoms with van der Waals surface area (Å²) >= 11 is 0. The Kier molecular flexibility index (Phi) is 4.04. The lowest BCUT2D eigenvalue weighted by molar-refractivity contribution is -0.144. The smallest absolute Gasteiger partial charge is 0.344 e. The molecule has 0 aliphatic heterocycles. The van der Waals surface area contributed by atoms with Gasteiger partial charge in [0, 0.05) is 28.6 Å². The minimum Gasteiger partial charge on any atom is -0.479 e. The zero-order valence-corrected chi connectivity index (χ0v) is 12.7. The summed E-state index contributed by atoms with van der Waals surface area (Å²) < 4.78 is 24.5. The molecule has 0 bridgehead atoms.